The number of hydrogen-bond acceptors (Lipinski definition) is 4. The van der Waals surface area contributed by atoms with E-state index < -0.39 is 0 Å². The molecule has 0 amide bonds. The second-order valence-electron chi connectivity index (χ2n) is 6.04. The lowest BCUT2D eigenvalue weighted by Gasteiger charge is -2.23. The number of carbonyl (C=O) groups excluding carboxylic acids is 1. The van der Waals surface area contributed by atoms with Gasteiger partial charge in [-0.3, -0.25) is 4.79 Å². The Hall–Kier alpha value is -1.55. The smallest absolute Gasteiger partial charge is 0.293 e. The molecule has 1 heterocycles. The van der Waals surface area contributed by atoms with Crippen molar-refractivity contribution in [2.24, 2.45) is 0 Å². The van der Waals surface area contributed by atoms with Gasteiger partial charge in [-0.2, -0.15) is 0 Å². The Morgan fingerprint density at radius 1 is 1.30 bits per heavy atom. The second kappa shape index (κ2) is 7.90. The maximum absolute atomic E-state index is 9.60. The van der Waals surface area contributed by atoms with Crippen molar-refractivity contribution >= 4 is 12.2 Å². The standard InChI is InChI=1S/C11H16N2.C5H10O2/c12-11-5-3-9(4-6-11)10-2-1-7-13-8-10;1-5(2,3)7-4-6/h3-6,10,13H,1-2,7-8,12H2;4H,1-3H3/t10-;/m0./s1. The van der Waals surface area contributed by atoms with Crippen molar-refractivity contribution in [3.8, 4) is 0 Å². The van der Waals surface area contributed by atoms with Gasteiger partial charge in [0.25, 0.3) is 6.47 Å². The van der Waals surface area contributed by atoms with Gasteiger partial charge in [-0.15, -0.1) is 0 Å². The van der Waals surface area contributed by atoms with Crippen molar-refractivity contribution in [3.05, 3.63) is 29.8 Å². The van der Waals surface area contributed by atoms with E-state index in [9.17, 15) is 4.79 Å². The number of benzene rings is 1. The monoisotopic (exact) mass is 278 g/mol. The van der Waals surface area contributed by atoms with Gasteiger partial charge in [-0.05, 0) is 63.8 Å². The first kappa shape index (κ1) is 16.5. The highest BCUT2D eigenvalue weighted by Crippen LogP contribution is 2.23. The third kappa shape index (κ3) is 6.57. The van der Waals surface area contributed by atoms with Gasteiger partial charge in [0, 0.05) is 12.2 Å². The molecule has 1 fully saturated rings. The fraction of sp³-hybridized carbons (Fsp3) is 0.562. The van der Waals surface area contributed by atoms with Gasteiger partial charge in [0.1, 0.15) is 5.60 Å². The molecule has 0 saturated carbocycles. The zero-order valence-corrected chi connectivity index (χ0v) is 12.7. The molecular weight excluding hydrogens is 252 g/mol. The van der Waals surface area contributed by atoms with E-state index in [1.54, 1.807) is 0 Å². The van der Waals surface area contributed by atoms with Crippen molar-refractivity contribution in [2.75, 3.05) is 18.8 Å². The summed E-state index contributed by atoms with van der Waals surface area (Å²) in [5.41, 5.74) is 7.60. The van der Waals surface area contributed by atoms with Crippen LogP contribution >= 0.6 is 0 Å². The molecule has 0 aliphatic carbocycles. The molecule has 1 saturated heterocycles. The van der Waals surface area contributed by atoms with Crippen LogP contribution in [0.4, 0.5) is 5.69 Å². The number of ether oxygens (including phenoxy) is 1. The summed E-state index contributed by atoms with van der Waals surface area (Å²) >= 11 is 0. The van der Waals surface area contributed by atoms with Crippen LogP contribution in [0.15, 0.2) is 24.3 Å². The van der Waals surface area contributed by atoms with Gasteiger partial charge in [-0.1, -0.05) is 12.1 Å². The highest BCUT2D eigenvalue weighted by atomic mass is 16.5. The predicted molar refractivity (Wildman–Crippen MR) is 82.6 cm³/mol. The van der Waals surface area contributed by atoms with Gasteiger partial charge in [0.05, 0.1) is 0 Å². The molecular formula is C16H26N2O2. The molecule has 3 N–H and O–H groups in total. The van der Waals surface area contributed by atoms with Crippen LogP contribution in [0.1, 0.15) is 45.1 Å². The Morgan fingerprint density at radius 2 is 1.95 bits per heavy atom. The highest BCUT2D eigenvalue weighted by molar-refractivity contribution is 5.40. The van der Waals surface area contributed by atoms with E-state index >= 15 is 0 Å². The molecule has 0 spiro atoms. The topological polar surface area (TPSA) is 64.3 Å². The Bertz CT molecular complexity index is 390. The lowest BCUT2D eigenvalue weighted by atomic mass is 9.92. The molecule has 1 aliphatic rings. The second-order valence-corrected chi connectivity index (χ2v) is 6.04. The van der Waals surface area contributed by atoms with Crippen LogP contribution in [-0.2, 0) is 9.53 Å². The van der Waals surface area contributed by atoms with Crippen LogP contribution in [0.5, 0.6) is 0 Å². The maximum Gasteiger partial charge on any atom is 0.293 e. The molecule has 2 rings (SSSR count). The van der Waals surface area contributed by atoms with Crippen molar-refractivity contribution in [2.45, 2.75) is 45.1 Å². The van der Waals surface area contributed by atoms with Crippen LogP contribution in [0.25, 0.3) is 0 Å². The predicted octanol–water partition coefficient (Wildman–Crippen LogP) is 2.69. The van der Waals surface area contributed by atoms with Gasteiger partial charge in [0.2, 0.25) is 0 Å². The quantitative estimate of drug-likeness (QED) is 0.645. The molecule has 112 valence electrons. The number of anilines is 1. The number of hydrogen-bond donors (Lipinski definition) is 2. The average molecular weight is 278 g/mol. The normalized spacial score (nSPS) is 18.6. The molecule has 4 heteroatoms. The van der Waals surface area contributed by atoms with Crippen LogP contribution in [-0.4, -0.2) is 25.2 Å². The fourth-order valence-electron chi connectivity index (χ4n) is 2.05. The summed E-state index contributed by atoms with van der Waals surface area (Å²) in [6.45, 7) is 8.21. The molecule has 20 heavy (non-hydrogen) atoms. The summed E-state index contributed by atoms with van der Waals surface area (Å²) in [4.78, 5) is 9.60. The maximum atomic E-state index is 9.60. The first-order valence-corrected chi connectivity index (χ1v) is 7.10. The van der Waals surface area contributed by atoms with Crippen LogP contribution in [0.2, 0.25) is 0 Å². The fourth-order valence-corrected chi connectivity index (χ4v) is 2.05. The van der Waals surface area contributed by atoms with E-state index in [0.717, 1.165) is 12.2 Å². The van der Waals surface area contributed by atoms with E-state index in [4.69, 9.17) is 5.73 Å². The van der Waals surface area contributed by atoms with Crippen molar-refractivity contribution < 1.29 is 9.53 Å². The minimum Gasteiger partial charge on any atom is -0.462 e. The lowest BCUT2D eigenvalue weighted by Crippen LogP contribution is -2.28. The number of nitrogen functional groups attached to an aromatic ring is 1. The number of piperidine rings is 1. The van der Waals surface area contributed by atoms with Crippen molar-refractivity contribution in [3.63, 3.8) is 0 Å². The number of rotatable bonds is 2. The summed E-state index contributed by atoms with van der Waals surface area (Å²) in [5.74, 6) is 0.689. The Morgan fingerprint density at radius 3 is 2.35 bits per heavy atom. The Labute approximate surface area is 121 Å². The first-order valence-electron chi connectivity index (χ1n) is 7.10. The molecule has 0 aromatic heterocycles. The zero-order valence-electron chi connectivity index (χ0n) is 12.7. The number of nitrogens with one attached hydrogen (secondary N) is 1. The number of nitrogens with two attached hydrogens (primary N) is 1. The van der Waals surface area contributed by atoms with E-state index in [1.165, 1.54) is 24.9 Å². The summed E-state index contributed by atoms with van der Waals surface area (Å²) in [5, 5.41) is 3.42. The molecule has 1 aliphatic heterocycles. The molecule has 4 nitrogen and oxygen atoms in total. The van der Waals surface area contributed by atoms with Crippen LogP contribution in [0, 0.1) is 0 Å². The van der Waals surface area contributed by atoms with E-state index in [2.05, 4.69) is 22.2 Å². The summed E-state index contributed by atoms with van der Waals surface area (Å²) < 4.78 is 4.55. The minimum absolute atomic E-state index is 0.318. The highest BCUT2D eigenvalue weighted by Gasteiger charge is 2.14. The van der Waals surface area contributed by atoms with E-state index in [1.807, 2.05) is 32.9 Å². The molecule has 1 aromatic carbocycles. The molecule has 0 unspecified atom stereocenters. The summed E-state index contributed by atoms with van der Waals surface area (Å²) in [6.07, 6.45) is 2.59. The first-order chi connectivity index (χ1) is 9.42. The largest absolute Gasteiger partial charge is 0.462 e. The lowest BCUT2D eigenvalue weighted by molar-refractivity contribution is -0.138. The van der Waals surface area contributed by atoms with Crippen LogP contribution in [0.3, 0.4) is 0 Å². The van der Waals surface area contributed by atoms with Crippen molar-refractivity contribution in [1.29, 1.82) is 0 Å². The number of carbonyl (C=O) groups is 1. The summed E-state index contributed by atoms with van der Waals surface area (Å²) in [6, 6.07) is 8.27. The van der Waals surface area contributed by atoms with Gasteiger partial charge >= 0.3 is 0 Å². The third-order valence-electron chi connectivity index (χ3n) is 3.11. The van der Waals surface area contributed by atoms with Gasteiger partial charge in [-0.25, -0.2) is 0 Å². The van der Waals surface area contributed by atoms with Gasteiger partial charge in [0.15, 0.2) is 0 Å². The third-order valence-corrected chi connectivity index (χ3v) is 3.11. The molecule has 0 radical (unpaired) electrons. The van der Waals surface area contributed by atoms with Crippen molar-refractivity contribution in [1.82, 2.24) is 5.32 Å². The Kier molecular flexibility index (Phi) is 6.52. The Balaban J connectivity index is 0.000000246. The van der Waals surface area contributed by atoms with Gasteiger partial charge < -0.3 is 15.8 Å². The molecule has 0 bridgehead atoms. The van der Waals surface area contributed by atoms with Crippen LogP contribution < -0.4 is 11.1 Å². The minimum atomic E-state index is -0.318. The molecule has 1 aromatic rings. The molecule has 1 atom stereocenters. The van der Waals surface area contributed by atoms with E-state index in [0.29, 0.717) is 12.4 Å². The SMILES string of the molecule is CC(C)(C)OC=O.Nc1ccc([C@H]2CCCNC2)cc1. The zero-order chi connectivity index (χ0) is 15.0. The average Bonchev–Trinajstić information content (AvgIpc) is 2.40. The van der Waals surface area contributed by atoms with E-state index in [-0.39, 0.29) is 5.60 Å². The summed E-state index contributed by atoms with van der Waals surface area (Å²) in [7, 11) is 0.